The van der Waals surface area contributed by atoms with Gasteiger partial charge in [0.05, 0.1) is 18.6 Å². The van der Waals surface area contributed by atoms with E-state index in [1.165, 1.54) is 313 Å². The summed E-state index contributed by atoms with van der Waals surface area (Å²) < 4.78 is 5.72. The van der Waals surface area contributed by atoms with Crippen molar-refractivity contribution in [2.24, 2.45) is 63.6 Å². The molecule has 3 amide bonds. The normalized spacial score (nSPS) is 16.7. The van der Waals surface area contributed by atoms with Gasteiger partial charge in [-0.1, -0.05) is 463 Å². The second-order valence-corrected chi connectivity index (χ2v) is 37.3. The van der Waals surface area contributed by atoms with Crippen LogP contribution in [0, 0.1) is 63.6 Å². The zero-order valence-corrected chi connectivity index (χ0v) is 77.2. The first-order valence-corrected chi connectivity index (χ1v) is 50.1. The molecule has 1 aliphatic heterocycles. The number of hydrogen-bond donors (Lipinski definition) is 2. The average Bonchev–Trinajstić information content (AvgIpc) is 0.830. The van der Waals surface area contributed by atoms with Gasteiger partial charge in [-0.15, -0.1) is 0 Å². The van der Waals surface area contributed by atoms with E-state index in [9.17, 15) is 19.5 Å². The molecule has 1 heterocycles. The summed E-state index contributed by atoms with van der Waals surface area (Å²) in [6, 6.07) is -0.258. The Morgan fingerprint density at radius 3 is 1.02 bits per heavy atom. The van der Waals surface area contributed by atoms with Crippen LogP contribution < -0.4 is 5.32 Å². The number of carboxylic acids is 1. The largest absolute Gasteiger partial charge is 0.481 e. The number of amides is 3. The van der Waals surface area contributed by atoms with Crippen molar-refractivity contribution in [3.8, 4) is 0 Å². The van der Waals surface area contributed by atoms with E-state index in [1.54, 1.807) is 0 Å². The van der Waals surface area contributed by atoms with Crippen LogP contribution in [0.5, 0.6) is 0 Å². The van der Waals surface area contributed by atoms with Gasteiger partial charge in [0.25, 0.3) is 0 Å². The van der Waals surface area contributed by atoms with Gasteiger partial charge in [-0.05, 0) is 129 Å². The maximum absolute atomic E-state index is 17.3. The van der Waals surface area contributed by atoms with Gasteiger partial charge in [0.1, 0.15) is 0 Å². The number of urea groups is 1. The van der Waals surface area contributed by atoms with E-state index in [1.807, 2.05) is 0 Å². The molecule has 1 saturated heterocycles. The molecule has 110 heavy (non-hydrogen) atoms. The molecule has 0 aromatic carbocycles. The standard InChI is InChI=1S/C101H197N3O6/c1-16-24-32-40-48-59-69-85-110-96(106)80-67-57-49-58-68-81-103(83-71-84-104-95(105)86-102-98(104)109)82-70-79-94(87(9)72-60-50-41-33-25-17-2)99(88(10)73-61-51-42-34-26-18-3,89(11)74-62-52-43-35-27-19-4)101(92(14)77-65-55-46-38-30-22-7,93(15)78-66-56-47-39-31-23-8)100(97(107)108,90(12)75-63-53-44-36-28-20-5)91(13)76-64-54-45-37-29-21-6/h87-94H,16-86H2,1-15H3,(H,102,109)(H,107,108). The van der Waals surface area contributed by atoms with E-state index < -0.39 is 16.8 Å². The first kappa shape index (κ1) is 106. The van der Waals surface area contributed by atoms with Crippen LogP contribution in [0.2, 0.25) is 0 Å². The Morgan fingerprint density at radius 1 is 0.364 bits per heavy atom. The number of rotatable bonds is 84. The second kappa shape index (κ2) is 69.9. The number of imide groups is 1. The molecule has 0 bridgehead atoms. The average molecular weight is 1550 g/mol. The third-order valence-electron chi connectivity index (χ3n) is 28.4. The van der Waals surface area contributed by atoms with Gasteiger partial charge in [-0.25, -0.2) is 4.79 Å². The lowest BCUT2D eigenvalue weighted by atomic mass is 9.29. The van der Waals surface area contributed by atoms with Crippen molar-refractivity contribution in [1.82, 2.24) is 15.1 Å². The molecular formula is C101H197N3O6. The Labute approximate surface area is 688 Å². The summed E-state index contributed by atoms with van der Waals surface area (Å²) in [5, 5.41) is 17.0. The molecule has 9 nitrogen and oxygen atoms in total. The Morgan fingerprint density at radius 2 is 0.664 bits per heavy atom. The molecule has 0 saturated carbocycles. The summed E-state index contributed by atoms with van der Waals surface area (Å²) >= 11 is 0. The van der Waals surface area contributed by atoms with Crippen molar-refractivity contribution in [1.29, 1.82) is 0 Å². The number of carbonyl (C=O) groups is 4. The van der Waals surface area contributed by atoms with E-state index in [-0.39, 0.29) is 53.5 Å². The molecule has 1 rings (SSSR count). The Hall–Kier alpha value is -2.16. The van der Waals surface area contributed by atoms with Crippen molar-refractivity contribution in [2.45, 2.75) is 521 Å². The van der Waals surface area contributed by atoms with Crippen molar-refractivity contribution in [3.05, 3.63) is 0 Å². The van der Waals surface area contributed by atoms with E-state index in [0.717, 1.165) is 122 Å². The molecule has 0 aromatic rings. The highest BCUT2D eigenvalue weighted by molar-refractivity contribution is 6.01. The quantitative estimate of drug-likeness (QED) is 0.0354. The van der Waals surface area contributed by atoms with E-state index in [4.69, 9.17) is 4.74 Å². The number of nitrogens with zero attached hydrogens (tertiary/aromatic N) is 2. The van der Waals surface area contributed by atoms with Crippen LogP contribution in [0.25, 0.3) is 0 Å². The van der Waals surface area contributed by atoms with Crippen molar-refractivity contribution >= 4 is 23.9 Å². The van der Waals surface area contributed by atoms with Gasteiger partial charge in [0, 0.05) is 13.0 Å². The summed E-state index contributed by atoms with van der Waals surface area (Å²) in [5.74, 6) is 1.16. The Kier molecular flexibility index (Phi) is 67.3. The van der Waals surface area contributed by atoms with E-state index >= 15 is 4.79 Å². The molecule has 1 aliphatic rings. The molecule has 0 aromatic heterocycles. The highest BCUT2D eigenvalue weighted by Gasteiger charge is 2.75. The first-order chi connectivity index (χ1) is 53.4. The van der Waals surface area contributed by atoms with Crippen molar-refractivity contribution in [2.75, 3.05) is 39.3 Å². The maximum atomic E-state index is 17.3. The van der Waals surface area contributed by atoms with Gasteiger partial charge in [-0.2, -0.15) is 0 Å². The molecule has 0 aliphatic carbocycles. The van der Waals surface area contributed by atoms with Crippen LogP contribution in [0.3, 0.4) is 0 Å². The first-order valence-electron chi connectivity index (χ1n) is 50.1. The molecule has 0 radical (unpaired) electrons. The number of ether oxygens (including phenoxy) is 1. The number of nitrogens with one attached hydrogen (secondary N) is 1. The number of carboxylic acid groups (broad SMARTS) is 1. The molecule has 2 N–H and O–H groups in total. The van der Waals surface area contributed by atoms with Crippen LogP contribution in [0.15, 0.2) is 0 Å². The Bertz CT molecular complexity index is 2030. The fourth-order valence-electron chi connectivity index (χ4n) is 22.4. The van der Waals surface area contributed by atoms with Gasteiger partial charge in [0.2, 0.25) is 5.91 Å². The third-order valence-corrected chi connectivity index (χ3v) is 28.4. The summed E-state index contributed by atoms with van der Waals surface area (Å²) in [5.41, 5.74) is -1.84. The van der Waals surface area contributed by atoms with Gasteiger partial charge in [0.15, 0.2) is 0 Å². The van der Waals surface area contributed by atoms with Crippen LogP contribution in [-0.2, 0) is 19.1 Å². The summed E-state index contributed by atoms with van der Waals surface area (Å²) in [7, 11) is 0. The lowest BCUT2D eigenvalue weighted by Crippen LogP contribution is -2.73. The second-order valence-electron chi connectivity index (χ2n) is 37.3. The van der Waals surface area contributed by atoms with Gasteiger partial charge < -0.3 is 20.1 Å². The Balaban J connectivity index is 4.97. The molecule has 8 unspecified atom stereocenters. The molecule has 1 fully saturated rings. The van der Waals surface area contributed by atoms with Crippen LogP contribution in [0.1, 0.15) is 521 Å². The van der Waals surface area contributed by atoms with Crippen molar-refractivity contribution < 1.29 is 29.0 Å². The fraction of sp³-hybridized carbons (Fsp3) is 0.960. The highest BCUT2D eigenvalue weighted by Crippen LogP contribution is 2.77. The minimum Gasteiger partial charge on any atom is -0.481 e. The van der Waals surface area contributed by atoms with E-state index in [2.05, 4.69) is 114 Å². The number of esters is 1. The zero-order chi connectivity index (χ0) is 81.2. The summed E-state index contributed by atoms with van der Waals surface area (Å²) in [4.78, 5) is 60.7. The monoisotopic (exact) mass is 1550 g/mol. The fourth-order valence-corrected chi connectivity index (χ4v) is 22.4. The summed E-state index contributed by atoms with van der Waals surface area (Å²) in [6.45, 7) is 41.7. The predicted octanol–water partition coefficient (Wildman–Crippen LogP) is 32.0. The number of carbonyl (C=O) groups excluding carboxylic acids is 3. The van der Waals surface area contributed by atoms with Crippen molar-refractivity contribution in [3.63, 3.8) is 0 Å². The molecule has 0 spiro atoms. The van der Waals surface area contributed by atoms with E-state index in [0.29, 0.717) is 43.2 Å². The highest BCUT2D eigenvalue weighted by atomic mass is 16.5. The lowest BCUT2D eigenvalue weighted by Gasteiger charge is -2.74. The molecule has 8 atom stereocenters. The minimum atomic E-state index is -0.981. The zero-order valence-electron chi connectivity index (χ0n) is 77.2. The SMILES string of the molecule is CCCCCCCCCOC(=O)CCCCCCCN(CCCC(C(C)CCCCCCCC)C(C(C)CCCCCCCC)(C(C)CCCCCCCC)C(C(C)CCCCCCCC)(C(C)CCCCCCCC)C(C(=O)O)(C(C)CCCCCCCC)C(C)CCCCCCCC)CCCN1C(=O)CNC1=O. The van der Waals surface area contributed by atoms with Gasteiger partial charge in [-0.3, -0.25) is 19.3 Å². The molecule has 9 heteroatoms. The lowest BCUT2D eigenvalue weighted by molar-refractivity contribution is -0.278. The van der Waals surface area contributed by atoms with Crippen LogP contribution >= 0.6 is 0 Å². The smallest absolute Gasteiger partial charge is 0.324 e. The third kappa shape index (κ3) is 40.8. The maximum Gasteiger partial charge on any atom is 0.324 e. The number of hydrogen-bond acceptors (Lipinski definition) is 6. The minimum absolute atomic E-state index is 0.00487. The predicted molar refractivity (Wildman–Crippen MR) is 481 cm³/mol. The van der Waals surface area contributed by atoms with Crippen LogP contribution in [-0.4, -0.2) is 78.1 Å². The van der Waals surface area contributed by atoms with Crippen LogP contribution in [0.4, 0.5) is 4.79 Å². The number of unbranched alkanes of at least 4 members (excludes halogenated alkanes) is 45. The molecule has 652 valence electrons. The summed E-state index contributed by atoms with van der Waals surface area (Å²) in [6.07, 6.45) is 77.4. The molecular weight excluding hydrogens is 1350 g/mol. The topological polar surface area (TPSA) is 116 Å². The van der Waals surface area contributed by atoms with Gasteiger partial charge >= 0.3 is 18.0 Å². The number of aliphatic carboxylic acids is 1.